The highest BCUT2D eigenvalue weighted by Crippen LogP contribution is 2.40. The Morgan fingerprint density at radius 2 is 0.387 bits per heavy atom. The lowest BCUT2D eigenvalue weighted by atomic mass is 10.1. The van der Waals surface area contributed by atoms with Crippen LogP contribution in [-0.4, -0.2) is 68.4 Å². The molecule has 0 bridgehead atoms. The van der Waals surface area contributed by atoms with Crippen LogP contribution in [0, 0.1) is 0 Å². The minimum Gasteiger partial charge on any atom is -0.255 e. The predicted molar refractivity (Wildman–Crippen MR) is 248 cm³/mol. The van der Waals surface area contributed by atoms with E-state index >= 15 is 0 Å². The second-order valence-electron chi connectivity index (χ2n) is 12.6. The fourth-order valence-corrected chi connectivity index (χ4v) is 6.39. The van der Waals surface area contributed by atoms with Gasteiger partial charge in [-0.2, -0.15) is 0 Å². The van der Waals surface area contributed by atoms with E-state index in [9.17, 15) is 0 Å². The molecule has 12 nitrogen and oxygen atoms in total. The summed E-state index contributed by atoms with van der Waals surface area (Å²) in [6.45, 7) is 0. The van der Waals surface area contributed by atoms with Crippen LogP contribution < -0.4 is 0 Å². The standard InChI is InChI=1S/C42H24N12.2CHCl3/c1-7-19-43-25(13-1)31-32(26-14-2-8-20-44-26)50-38-37(49-31)39-41(53-34(28-16-4-10-22-46-28)33(51-39)27-15-3-9-21-45-27)42-40(38)52-35(29-17-5-11-23-47-29)36(54-42)30-18-6-12-24-48-30;2*2-1(3)4/h1-24H;2*1H. The van der Waals surface area contributed by atoms with Gasteiger partial charge < -0.3 is 0 Å². The number of alkyl halides is 6. The van der Waals surface area contributed by atoms with Crippen molar-refractivity contribution in [1.29, 1.82) is 0 Å². The van der Waals surface area contributed by atoms with Crippen LogP contribution >= 0.6 is 69.6 Å². The Kier molecular flexibility index (Phi) is 13.5. The highest BCUT2D eigenvalue weighted by molar-refractivity contribution is 6.63. The molecule has 0 saturated carbocycles. The largest absolute Gasteiger partial charge is 0.255 e. The first-order valence-electron chi connectivity index (χ1n) is 18.4. The van der Waals surface area contributed by atoms with E-state index in [1.54, 1.807) is 37.2 Å². The smallest absolute Gasteiger partial charge is 0.180 e. The van der Waals surface area contributed by atoms with E-state index in [1.807, 2.05) is 109 Å². The van der Waals surface area contributed by atoms with Gasteiger partial charge in [0.15, 0.2) is 8.59 Å². The van der Waals surface area contributed by atoms with E-state index in [2.05, 4.69) is 29.9 Å². The molecule has 62 heavy (non-hydrogen) atoms. The van der Waals surface area contributed by atoms with Crippen LogP contribution in [0.15, 0.2) is 146 Å². The van der Waals surface area contributed by atoms with E-state index in [0.29, 0.717) is 101 Å². The summed E-state index contributed by atoms with van der Waals surface area (Å²) in [6.07, 6.45) is 10.4. The predicted octanol–water partition coefficient (Wildman–Crippen LogP) is 11.9. The van der Waals surface area contributed by atoms with Gasteiger partial charge in [0.2, 0.25) is 0 Å². The zero-order valence-electron chi connectivity index (χ0n) is 31.6. The van der Waals surface area contributed by atoms with Gasteiger partial charge in [-0.3, -0.25) is 29.9 Å². The van der Waals surface area contributed by atoms with Crippen LogP contribution in [0.2, 0.25) is 0 Å². The fourth-order valence-electron chi connectivity index (χ4n) is 6.39. The van der Waals surface area contributed by atoms with Gasteiger partial charge in [-0.1, -0.05) is 106 Å². The van der Waals surface area contributed by atoms with Gasteiger partial charge in [-0.25, -0.2) is 29.9 Å². The zero-order valence-corrected chi connectivity index (χ0v) is 36.2. The molecule has 10 rings (SSSR count). The number of hydrogen-bond acceptors (Lipinski definition) is 12. The van der Waals surface area contributed by atoms with Gasteiger partial charge in [-0.15, -0.1) is 0 Å². The van der Waals surface area contributed by atoms with Crippen molar-refractivity contribution in [3.05, 3.63) is 146 Å². The topological polar surface area (TPSA) is 155 Å². The van der Waals surface area contributed by atoms with Gasteiger partial charge in [0, 0.05) is 37.2 Å². The molecule has 0 aliphatic heterocycles. The number of halogens is 6. The maximum absolute atomic E-state index is 5.32. The molecule has 0 spiro atoms. The molecule has 0 N–H and O–H groups in total. The molecule has 9 heterocycles. The lowest BCUT2D eigenvalue weighted by Gasteiger charge is -2.16. The summed E-state index contributed by atoms with van der Waals surface area (Å²) in [5.74, 6) is 0. The molecule has 0 radical (unpaired) electrons. The van der Waals surface area contributed by atoms with Crippen molar-refractivity contribution in [3.8, 4) is 68.3 Å². The highest BCUT2D eigenvalue weighted by atomic mass is 35.6. The molecule has 0 atom stereocenters. The van der Waals surface area contributed by atoms with Gasteiger partial charge in [-0.05, 0) is 72.8 Å². The Morgan fingerprint density at radius 3 is 0.500 bits per heavy atom. The third-order valence-corrected chi connectivity index (χ3v) is 8.81. The van der Waals surface area contributed by atoms with E-state index in [0.717, 1.165) is 0 Å². The number of nitrogens with zero attached hydrogens (tertiary/aromatic N) is 12. The van der Waals surface area contributed by atoms with Crippen LogP contribution in [0.5, 0.6) is 0 Å². The van der Waals surface area contributed by atoms with Crippen molar-refractivity contribution in [2.75, 3.05) is 0 Å². The number of benzene rings is 1. The van der Waals surface area contributed by atoms with Crippen molar-refractivity contribution in [3.63, 3.8) is 0 Å². The molecule has 1 aromatic carbocycles. The normalized spacial score (nSPS) is 11.0. The van der Waals surface area contributed by atoms with Crippen molar-refractivity contribution in [2.45, 2.75) is 8.59 Å². The summed E-state index contributed by atoms with van der Waals surface area (Å²) in [4.78, 5) is 60.0. The number of pyridine rings is 6. The molecule has 10 aromatic rings. The van der Waals surface area contributed by atoms with Crippen LogP contribution in [0.3, 0.4) is 0 Å². The van der Waals surface area contributed by atoms with Crippen molar-refractivity contribution < 1.29 is 0 Å². The molecule has 0 fully saturated rings. The van der Waals surface area contributed by atoms with Crippen molar-refractivity contribution in [1.82, 2.24) is 59.8 Å². The molecule has 18 heteroatoms. The number of hydrogen-bond donors (Lipinski definition) is 0. The van der Waals surface area contributed by atoms with Crippen LogP contribution in [0.1, 0.15) is 0 Å². The molecule has 0 amide bonds. The minimum atomic E-state index is -0.750. The summed E-state index contributed by atoms with van der Waals surface area (Å²) in [7, 11) is 0. The summed E-state index contributed by atoms with van der Waals surface area (Å²) >= 11 is 28.8. The highest BCUT2D eigenvalue weighted by Gasteiger charge is 2.26. The van der Waals surface area contributed by atoms with Crippen LogP contribution in [-0.2, 0) is 0 Å². The Bertz CT molecular complexity index is 2520. The van der Waals surface area contributed by atoms with Gasteiger partial charge in [0.1, 0.15) is 67.3 Å². The first kappa shape index (κ1) is 42.6. The van der Waals surface area contributed by atoms with Crippen molar-refractivity contribution >= 4 is 103 Å². The molecule has 0 saturated heterocycles. The molecule has 304 valence electrons. The Hall–Kier alpha value is -6.12. The Labute approximate surface area is 383 Å². The van der Waals surface area contributed by atoms with Gasteiger partial charge in [0.05, 0.1) is 34.2 Å². The van der Waals surface area contributed by atoms with Gasteiger partial charge >= 0.3 is 0 Å². The molecular formula is C44H26Cl6N12. The number of rotatable bonds is 6. The Morgan fingerprint density at radius 1 is 0.242 bits per heavy atom. The van der Waals surface area contributed by atoms with E-state index in [4.69, 9.17) is 99.5 Å². The lowest BCUT2D eigenvalue weighted by Crippen LogP contribution is -2.06. The Balaban J connectivity index is 0.000000612. The lowest BCUT2D eigenvalue weighted by molar-refractivity contribution is 1.18. The first-order chi connectivity index (χ1) is 30.3. The first-order valence-corrected chi connectivity index (χ1v) is 21.0. The molecule has 0 aliphatic rings. The van der Waals surface area contributed by atoms with E-state index in [-0.39, 0.29) is 0 Å². The average Bonchev–Trinajstić information content (AvgIpc) is 3.32. The van der Waals surface area contributed by atoms with Crippen LogP contribution in [0.25, 0.3) is 101 Å². The van der Waals surface area contributed by atoms with Gasteiger partial charge in [0.25, 0.3) is 0 Å². The quantitative estimate of drug-likeness (QED) is 0.115. The number of aromatic nitrogens is 12. The summed E-state index contributed by atoms with van der Waals surface area (Å²) in [5, 5.41) is 0. The SMILES string of the molecule is ClC(Cl)Cl.ClC(Cl)Cl.c1ccc(-c2nc3c4nc(-c5ccccn5)c(-c5ccccn5)nc4c4nc(-c5ccccn5)c(-c5ccccn5)nc4c3nc2-c2ccccn2)nc1. The second kappa shape index (κ2) is 19.7. The van der Waals surface area contributed by atoms with Crippen molar-refractivity contribution in [2.24, 2.45) is 0 Å². The van der Waals surface area contributed by atoms with E-state index in [1.165, 1.54) is 0 Å². The molecule has 0 unspecified atom stereocenters. The average molecular weight is 935 g/mol. The molecule has 9 aromatic heterocycles. The van der Waals surface area contributed by atoms with E-state index < -0.39 is 8.59 Å². The number of fused-ring (bicyclic) bond motifs is 6. The van der Waals surface area contributed by atoms with Crippen LogP contribution in [0.4, 0.5) is 0 Å². The monoisotopic (exact) mass is 932 g/mol. The third kappa shape index (κ3) is 9.51. The maximum atomic E-state index is 5.32. The zero-order chi connectivity index (χ0) is 43.0. The minimum absolute atomic E-state index is 0.460. The molecule has 0 aliphatic carbocycles. The third-order valence-electron chi connectivity index (χ3n) is 8.81. The molecular weight excluding hydrogens is 909 g/mol. The maximum Gasteiger partial charge on any atom is 0.180 e. The second-order valence-corrected chi connectivity index (χ2v) is 16.6. The summed E-state index contributed by atoms with van der Waals surface area (Å²) in [5.41, 5.74) is 9.65. The summed E-state index contributed by atoms with van der Waals surface area (Å²) in [6, 6.07) is 34.0. The summed E-state index contributed by atoms with van der Waals surface area (Å²) < 4.78 is -1.50. The fraction of sp³-hybridized carbons (Fsp3) is 0.0455.